The number of rotatable bonds is 7. The van der Waals surface area contributed by atoms with Gasteiger partial charge in [-0.1, -0.05) is 48.5 Å². The molecule has 0 heterocycles. The Kier molecular flexibility index (Phi) is 6.64. The highest BCUT2D eigenvalue weighted by atomic mass is 16.5. The van der Waals surface area contributed by atoms with E-state index in [0.29, 0.717) is 19.3 Å². The van der Waals surface area contributed by atoms with Crippen LogP contribution in [0.3, 0.4) is 0 Å². The minimum Gasteiger partial charge on any atom is -0.481 e. The molecule has 0 radical (unpaired) electrons. The highest BCUT2D eigenvalue weighted by Gasteiger charge is 2.33. The van der Waals surface area contributed by atoms with Crippen LogP contribution in [0.5, 0.6) is 0 Å². The number of carbonyl (C=O) groups excluding carboxylic acids is 2. The Bertz CT molecular complexity index is 1060. The lowest BCUT2D eigenvalue weighted by molar-refractivity contribution is -0.141. The Morgan fingerprint density at radius 3 is 2.27 bits per heavy atom. The van der Waals surface area contributed by atoms with Gasteiger partial charge >= 0.3 is 12.1 Å². The van der Waals surface area contributed by atoms with Crippen molar-refractivity contribution in [2.75, 3.05) is 6.61 Å². The molecule has 0 aromatic heterocycles. The lowest BCUT2D eigenvalue weighted by Crippen LogP contribution is -2.49. The van der Waals surface area contributed by atoms with Crippen LogP contribution in [0.25, 0.3) is 11.1 Å². The molecule has 7 heteroatoms. The van der Waals surface area contributed by atoms with Gasteiger partial charge in [0.15, 0.2) is 0 Å². The Hall–Kier alpha value is -3.79. The molecule has 2 aromatic carbocycles. The summed E-state index contributed by atoms with van der Waals surface area (Å²) in [4.78, 5) is 36.3. The fraction of sp³-hybridized carbons (Fsp3) is 0.346. The van der Waals surface area contributed by atoms with Crippen LogP contribution >= 0.6 is 0 Å². The van der Waals surface area contributed by atoms with E-state index in [1.54, 1.807) is 0 Å². The van der Waals surface area contributed by atoms with E-state index in [0.717, 1.165) is 22.3 Å². The first-order valence-electron chi connectivity index (χ1n) is 11.1. The van der Waals surface area contributed by atoms with Crippen molar-refractivity contribution in [3.8, 4) is 23.5 Å². The maximum atomic E-state index is 12.7. The summed E-state index contributed by atoms with van der Waals surface area (Å²) in [6.45, 7) is 0.132. The number of nitrogens with one attached hydrogen (secondary N) is 2. The van der Waals surface area contributed by atoms with Crippen molar-refractivity contribution in [1.29, 1.82) is 0 Å². The summed E-state index contributed by atoms with van der Waals surface area (Å²) in [5.41, 5.74) is 4.45. The Balaban J connectivity index is 1.36. The first-order chi connectivity index (χ1) is 16.0. The number of carboxylic acids is 1. The van der Waals surface area contributed by atoms with Crippen molar-refractivity contribution >= 4 is 18.0 Å². The van der Waals surface area contributed by atoms with Gasteiger partial charge in [0.25, 0.3) is 0 Å². The van der Waals surface area contributed by atoms with E-state index >= 15 is 0 Å². The molecule has 1 unspecified atom stereocenters. The Labute approximate surface area is 192 Å². The van der Waals surface area contributed by atoms with E-state index in [9.17, 15) is 14.4 Å². The number of hydrogen-bond donors (Lipinski definition) is 3. The normalized spacial score (nSPS) is 19.6. The average Bonchev–Trinajstić information content (AvgIpc) is 3.40. The lowest BCUT2D eigenvalue weighted by atomic mass is 9.98. The van der Waals surface area contributed by atoms with Gasteiger partial charge < -0.3 is 20.5 Å². The first kappa shape index (κ1) is 22.4. The molecule has 1 saturated carbocycles. The van der Waals surface area contributed by atoms with Gasteiger partial charge in [-0.2, -0.15) is 0 Å². The fourth-order valence-corrected chi connectivity index (χ4v) is 4.75. The number of ether oxygens (including phenoxy) is 1. The highest BCUT2D eigenvalue weighted by molar-refractivity contribution is 5.86. The second-order valence-electron chi connectivity index (χ2n) is 8.48. The van der Waals surface area contributed by atoms with Gasteiger partial charge in [-0.3, -0.25) is 9.59 Å². The van der Waals surface area contributed by atoms with Gasteiger partial charge in [0.1, 0.15) is 12.6 Å². The zero-order chi connectivity index (χ0) is 23.4. The third-order valence-electron chi connectivity index (χ3n) is 6.40. The molecule has 3 atom stereocenters. The minimum absolute atomic E-state index is 0.00507. The molecule has 7 nitrogen and oxygen atoms in total. The summed E-state index contributed by atoms with van der Waals surface area (Å²) in [7, 11) is 0. The van der Waals surface area contributed by atoms with Gasteiger partial charge in [-0.05, 0) is 41.5 Å². The standard InChI is InChI=1S/C26H26N2O5/c1-2-7-23(24(29)27-17-13-12-16(14-17)25(30)31)28-26(32)33-15-22-20-10-5-3-8-18(20)19-9-4-6-11-21(19)22/h1,3-6,8-11,16-17,22-23H,7,12-15H2,(H,27,29)(H,28,32)(H,30,31)/t16-,17+,23?/m1/s1. The van der Waals surface area contributed by atoms with Crippen LogP contribution in [0.2, 0.25) is 0 Å². The molecule has 4 rings (SSSR count). The van der Waals surface area contributed by atoms with Crippen LogP contribution in [0.4, 0.5) is 4.79 Å². The van der Waals surface area contributed by atoms with Crippen LogP contribution in [0.15, 0.2) is 48.5 Å². The molecule has 0 saturated heterocycles. The van der Waals surface area contributed by atoms with Crippen LogP contribution in [-0.2, 0) is 14.3 Å². The van der Waals surface area contributed by atoms with Crippen molar-refractivity contribution in [2.24, 2.45) is 5.92 Å². The first-order valence-corrected chi connectivity index (χ1v) is 11.1. The van der Waals surface area contributed by atoms with E-state index in [1.165, 1.54) is 0 Å². The second-order valence-corrected chi connectivity index (χ2v) is 8.48. The smallest absolute Gasteiger partial charge is 0.407 e. The highest BCUT2D eigenvalue weighted by Crippen LogP contribution is 2.44. The number of alkyl carbamates (subject to hydrolysis) is 1. The van der Waals surface area contributed by atoms with E-state index in [4.69, 9.17) is 16.3 Å². The molecule has 0 spiro atoms. The van der Waals surface area contributed by atoms with Gasteiger partial charge in [0, 0.05) is 18.4 Å². The summed E-state index contributed by atoms with van der Waals surface area (Å²) in [5, 5.41) is 14.5. The van der Waals surface area contributed by atoms with Crippen molar-refractivity contribution in [3.63, 3.8) is 0 Å². The van der Waals surface area contributed by atoms with Crippen LogP contribution in [0, 0.1) is 18.3 Å². The van der Waals surface area contributed by atoms with Crippen molar-refractivity contribution < 1.29 is 24.2 Å². The van der Waals surface area contributed by atoms with Crippen molar-refractivity contribution in [1.82, 2.24) is 10.6 Å². The number of terminal acetylenes is 1. The fourth-order valence-electron chi connectivity index (χ4n) is 4.75. The number of fused-ring (bicyclic) bond motifs is 3. The molecule has 1 fully saturated rings. The van der Waals surface area contributed by atoms with E-state index in [1.807, 2.05) is 36.4 Å². The molecule has 170 valence electrons. The zero-order valence-corrected chi connectivity index (χ0v) is 18.1. The molecule has 0 bridgehead atoms. The maximum absolute atomic E-state index is 12.7. The predicted octanol–water partition coefficient (Wildman–Crippen LogP) is 3.29. The third kappa shape index (κ3) is 4.85. The Morgan fingerprint density at radius 2 is 1.70 bits per heavy atom. The van der Waals surface area contributed by atoms with Crippen LogP contribution < -0.4 is 10.6 Å². The summed E-state index contributed by atoms with van der Waals surface area (Å²) in [5.74, 6) is 0.563. The molecule has 0 aliphatic heterocycles. The van der Waals surface area contributed by atoms with E-state index in [-0.39, 0.29) is 25.0 Å². The molecule has 2 aromatic rings. The van der Waals surface area contributed by atoms with Gasteiger partial charge in [0.2, 0.25) is 5.91 Å². The van der Waals surface area contributed by atoms with E-state index < -0.39 is 29.9 Å². The molecule has 3 N–H and O–H groups in total. The Morgan fingerprint density at radius 1 is 1.06 bits per heavy atom. The quantitative estimate of drug-likeness (QED) is 0.566. The largest absolute Gasteiger partial charge is 0.481 e. The number of carboxylic acid groups (broad SMARTS) is 1. The topological polar surface area (TPSA) is 105 Å². The van der Waals surface area contributed by atoms with Crippen molar-refractivity contribution in [2.45, 2.75) is 43.7 Å². The number of carbonyl (C=O) groups is 3. The number of aliphatic carboxylic acids is 1. The molecular formula is C26H26N2O5. The number of amides is 2. The summed E-state index contributed by atoms with van der Waals surface area (Å²) in [6, 6.07) is 14.9. The average molecular weight is 447 g/mol. The molecule has 2 aliphatic rings. The van der Waals surface area contributed by atoms with Crippen LogP contribution in [-0.4, -0.2) is 41.8 Å². The summed E-state index contributed by atoms with van der Waals surface area (Å²) >= 11 is 0. The molecular weight excluding hydrogens is 420 g/mol. The van der Waals surface area contributed by atoms with E-state index in [2.05, 4.69) is 28.7 Å². The van der Waals surface area contributed by atoms with Crippen LogP contribution in [0.1, 0.15) is 42.7 Å². The molecule has 2 aliphatic carbocycles. The predicted molar refractivity (Wildman–Crippen MR) is 122 cm³/mol. The lowest BCUT2D eigenvalue weighted by Gasteiger charge is -2.20. The zero-order valence-electron chi connectivity index (χ0n) is 18.1. The van der Waals surface area contributed by atoms with Gasteiger partial charge in [0.05, 0.1) is 5.92 Å². The van der Waals surface area contributed by atoms with Crippen molar-refractivity contribution in [3.05, 3.63) is 59.7 Å². The van der Waals surface area contributed by atoms with Gasteiger partial charge in [-0.15, -0.1) is 12.3 Å². The maximum Gasteiger partial charge on any atom is 0.407 e. The molecule has 2 amide bonds. The SMILES string of the molecule is C#CCC(NC(=O)OCC1c2ccccc2-c2ccccc21)C(=O)N[C@H]1CC[C@@H](C(=O)O)C1. The third-order valence-corrected chi connectivity index (χ3v) is 6.40. The number of hydrogen-bond acceptors (Lipinski definition) is 4. The summed E-state index contributed by atoms with van der Waals surface area (Å²) < 4.78 is 5.51. The number of benzene rings is 2. The van der Waals surface area contributed by atoms with Gasteiger partial charge in [-0.25, -0.2) is 4.79 Å². The second kappa shape index (κ2) is 9.78. The molecule has 33 heavy (non-hydrogen) atoms. The minimum atomic E-state index is -0.950. The monoisotopic (exact) mass is 446 g/mol. The summed E-state index contributed by atoms with van der Waals surface area (Å²) in [6.07, 6.45) is 6.14.